The van der Waals surface area contributed by atoms with Crippen LogP contribution in [0.25, 0.3) is 5.65 Å². The minimum atomic E-state index is -0.588. The zero-order chi connectivity index (χ0) is 14.2. The molecule has 0 atom stereocenters. The van der Waals surface area contributed by atoms with E-state index in [0.29, 0.717) is 11.5 Å². The molecule has 0 aliphatic heterocycles. The molecular weight excluding hydrogens is 246 g/mol. The van der Waals surface area contributed by atoms with Gasteiger partial charge in [-0.25, -0.2) is 14.3 Å². The molecule has 0 radical (unpaired) electrons. The summed E-state index contributed by atoms with van der Waals surface area (Å²) in [6, 6.07) is 1.92. The fourth-order valence-electron chi connectivity index (χ4n) is 1.82. The maximum absolute atomic E-state index is 11.9. The molecule has 0 fully saturated rings. The summed E-state index contributed by atoms with van der Waals surface area (Å²) in [5.41, 5.74) is 6.40. The molecule has 7 nitrogen and oxygen atoms in total. The number of anilines is 1. The molecule has 3 N–H and O–H groups in total. The molecule has 0 aromatic carbocycles. The zero-order valence-corrected chi connectivity index (χ0v) is 11.0. The Hall–Kier alpha value is -2.49. The number of nitrogen functional groups attached to an aromatic ring is 1. The predicted molar refractivity (Wildman–Crippen MR) is 68.7 cm³/mol. The Morgan fingerprint density at radius 2 is 2.32 bits per heavy atom. The Morgan fingerprint density at radius 3 is 2.84 bits per heavy atom. The molecule has 0 aliphatic rings. The van der Waals surface area contributed by atoms with Crippen molar-refractivity contribution in [1.29, 1.82) is 5.26 Å². The van der Waals surface area contributed by atoms with Gasteiger partial charge >= 0.3 is 5.97 Å². The van der Waals surface area contributed by atoms with Crippen LogP contribution in [0.2, 0.25) is 0 Å². The summed E-state index contributed by atoms with van der Waals surface area (Å²) in [6.45, 7) is 5.85. The Morgan fingerprint density at radius 1 is 1.63 bits per heavy atom. The Kier molecular flexibility index (Phi) is 3.17. The molecule has 0 saturated carbocycles. The number of H-pyrrole nitrogens is 1. The van der Waals surface area contributed by atoms with E-state index in [1.54, 1.807) is 6.92 Å². The number of hydrogen-bond donors (Lipinski definition) is 2. The molecule has 7 heteroatoms. The van der Waals surface area contributed by atoms with Crippen molar-refractivity contribution < 1.29 is 9.53 Å². The van der Waals surface area contributed by atoms with Crippen LogP contribution in [-0.2, 0) is 4.74 Å². The van der Waals surface area contributed by atoms with Gasteiger partial charge in [-0.2, -0.15) is 5.26 Å². The first-order valence-corrected chi connectivity index (χ1v) is 5.98. The van der Waals surface area contributed by atoms with Crippen LogP contribution in [0, 0.1) is 11.3 Å². The lowest BCUT2D eigenvalue weighted by Crippen LogP contribution is -2.06. The standard InChI is InChI=1S/C12H15N5O2/c1-4-19-12(18)8-7(5-13)9(14)17-11(8)15-10(16-17)6(2)3/h6H,4,14H2,1-3H3,(H,15,16). The molecule has 0 aliphatic carbocycles. The SMILES string of the molecule is CCOC(=O)c1c(C#N)c(N)n2[nH]c(C(C)C)nc12. The van der Waals surface area contributed by atoms with E-state index in [1.807, 2.05) is 19.9 Å². The number of nitriles is 1. The highest BCUT2D eigenvalue weighted by molar-refractivity contribution is 6.01. The van der Waals surface area contributed by atoms with Gasteiger partial charge in [0.1, 0.15) is 28.8 Å². The van der Waals surface area contributed by atoms with Crippen LogP contribution in [0.15, 0.2) is 0 Å². The number of carbonyl (C=O) groups is 1. The second kappa shape index (κ2) is 4.65. The molecule has 2 aromatic rings. The third-order valence-corrected chi connectivity index (χ3v) is 2.77. The zero-order valence-electron chi connectivity index (χ0n) is 11.0. The lowest BCUT2D eigenvalue weighted by molar-refractivity contribution is 0.0528. The van der Waals surface area contributed by atoms with Crippen LogP contribution in [0.5, 0.6) is 0 Å². The maximum Gasteiger partial charge on any atom is 0.343 e. The van der Waals surface area contributed by atoms with Crippen LogP contribution < -0.4 is 5.73 Å². The Bertz CT molecular complexity index is 674. The molecule has 0 saturated heterocycles. The van der Waals surface area contributed by atoms with Gasteiger partial charge in [-0.15, -0.1) is 0 Å². The Balaban J connectivity index is 2.71. The number of aromatic amines is 1. The van der Waals surface area contributed by atoms with Crippen LogP contribution >= 0.6 is 0 Å². The van der Waals surface area contributed by atoms with E-state index < -0.39 is 5.97 Å². The summed E-state index contributed by atoms with van der Waals surface area (Å²) < 4.78 is 6.39. The fraction of sp³-hybridized carbons (Fsp3) is 0.417. The van der Waals surface area contributed by atoms with Crippen LogP contribution in [0.1, 0.15) is 48.4 Å². The number of hydrogen-bond acceptors (Lipinski definition) is 5. The van der Waals surface area contributed by atoms with Gasteiger partial charge in [0, 0.05) is 5.92 Å². The van der Waals surface area contributed by atoms with E-state index in [2.05, 4.69) is 10.1 Å². The second-order valence-corrected chi connectivity index (χ2v) is 4.39. The van der Waals surface area contributed by atoms with Crippen molar-refractivity contribution in [2.24, 2.45) is 0 Å². The molecule has 2 rings (SSSR count). The molecule has 0 spiro atoms. The number of nitrogens with two attached hydrogens (primary N) is 1. The van der Waals surface area contributed by atoms with Crippen molar-refractivity contribution in [1.82, 2.24) is 14.6 Å². The highest BCUT2D eigenvalue weighted by Crippen LogP contribution is 2.26. The average Bonchev–Trinajstić information content (AvgIpc) is 2.88. The number of aromatic nitrogens is 3. The van der Waals surface area contributed by atoms with E-state index in [9.17, 15) is 4.79 Å². The maximum atomic E-state index is 11.9. The summed E-state index contributed by atoms with van der Waals surface area (Å²) in [6.07, 6.45) is 0. The van der Waals surface area contributed by atoms with Gasteiger partial charge in [-0.05, 0) is 6.92 Å². The summed E-state index contributed by atoms with van der Waals surface area (Å²) in [5.74, 6) is 0.423. The smallest absolute Gasteiger partial charge is 0.343 e. The van der Waals surface area contributed by atoms with Crippen molar-refractivity contribution in [3.63, 3.8) is 0 Å². The van der Waals surface area contributed by atoms with Gasteiger partial charge in [0.15, 0.2) is 5.65 Å². The van der Waals surface area contributed by atoms with Gasteiger partial charge in [0.25, 0.3) is 0 Å². The van der Waals surface area contributed by atoms with Crippen LogP contribution in [-0.4, -0.2) is 27.2 Å². The van der Waals surface area contributed by atoms with Crippen LogP contribution in [0.3, 0.4) is 0 Å². The topological polar surface area (TPSA) is 109 Å². The molecule has 100 valence electrons. The monoisotopic (exact) mass is 261 g/mol. The molecule has 19 heavy (non-hydrogen) atoms. The quantitative estimate of drug-likeness (QED) is 0.812. The average molecular weight is 261 g/mol. The van der Waals surface area contributed by atoms with Crippen molar-refractivity contribution in [3.05, 3.63) is 17.0 Å². The largest absolute Gasteiger partial charge is 0.462 e. The van der Waals surface area contributed by atoms with Gasteiger partial charge in [0.2, 0.25) is 0 Å². The summed E-state index contributed by atoms with van der Waals surface area (Å²) in [7, 11) is 0. The molecule has 2 aromatic heterocycles. The summed E-state index contributed by atoms with van der Waals surface area (Å²) in [4.78, 5) is 16.3. The predicted octanol–water partition coefficient (Wildman–Crippen LogP) is 1.42. The number of esters is 1. The first-order valence-electron chi connectivity index (χ1n) is 5.98. The van der Waals surface area contributed by atoms with Gasteiger partial charge in [-0.3, -0.25) is 5.10 Å². The highest BCUT2D eigenvalue weighted by atomic mass is 16.5. The van der Waals surface area contributed by atoms with Crippen molar-refractivity contribution in [2.75, 3.05) is 12.3 Å². The first-order chi connectivity index (χ1) is 9.01. The van der Waals surface area contributed by atoms with Crippen molar-refractivity contribution >= 4 is 17.4 Å². The summed E-state index contributed by atoms with van der Waals surface area (Å²) >= 11 is 0. The highest BCUT2D eigenvalue weighted by Gasteiger charge is 2.26. The minimum Gasteiger partial charge on any atom is -0.462 e. The molecular formula is C12H15N5O2. The normalized spacial score (nSPS) is 10.9. The number of nitrogens with zero attached hydrogens (tertiary/aromatic N) is 3. The number of ether oxygens (including phenoxy) is 1. The van der Waals surface area contributed by atoms with E-state index in [4.69, 9.17) is 15.7 Å². The third kappa shape index (κ3) is 1.91. The second-order valence-electron chi connectivity index (χ2n) is 4.39. The fourth-order valence-corrected chi connectivity index (χ4v) is 1.82. The van der Waals surface area contributed by atoms with E-state index >= 15 is 0 Å². The summed E-state index contributed by atoms with van der Waals surface area (Å²) in [5, 5.41) is 12.1. The van der Waals surface area contributed by atoms with Gasteiger partial charge in [0.05, 0.1) is 6.61 Å². The lowest BCUT2D eigenvalue weighted by atomic mass is 10.2. The van der Waals surface area contributed by atoms with Crippen molar-refractivity contribution in [2.45, 2.75) is 26.7 Å². The third-order valence-electron chi connectivity index (χ3n) is 2.77. The minimum absolute atomic E-state index is 0.0903. The molecule has 0 unspecified atom stereocenters. The molecule has 0 amide bonds. The van der Waals surface area contributed by atoms with E-state index in [1.165, 1.54) is 4.52 Å². The number of fused-ring (bicyclic) bond motifs is 1. The molecule has 0 bridgehead atoms. The van der Waals surface area contributed by atoms with Crippen molar-refractivity contribution in [3.8, 4) is 6.07 Å². The van der Waals surface area contributed by atoms with Gasteiger partial charge in [-0.1, -0.05) is 13.8 Å². The van der Waals surface area contributed by atoms with Crippen LogP contribution in [0.4, 0.5) is 5.82 Å². The number of rotatable bonds is 3. The first kappa shape index (κ1) is 13.0. The Labute approximate surface area is 110 Å². The van der Waals surface area contributed by atoms with E-state index in [0.717, 1.165) is 0 Å². The number of nitrogens with one attached hydrogen (secondary N) is 1. The lowest BCUT2D eigenvalue weighted by Gasteiger charge is -2.00. The van der Waals surface area contributed by atoms with Gasteiger partial charge < -0.3 is 10.5 Å². The number of carbonyl (C=O) groups excluding carboxylic acids is 1. The molecule has 2 heterocycles. The van der Waals surface area contributed by atoms with E-state index in [-0.39, 0.29) is 29.5 Å².